The van der Waals surface area contributed by atoms with Crippen LogP contribution in [0, 0.1) is 5.82 Å². The highest BCUT2D eigenvalue weighted by atomic mass is 19.1. The molecule has 2 rings (SSSR count). The van der Waals surface area contributed by atoms with E-state index in [1.807, 2.05) is 0 Å². The molecule has 0 saturated carbocycles. The summed E-state index contributed by atoms with van der Waals surface area (Å²) in [5, 5.41) is 9.67. The lowest BCUT2D eigenvalue weighted by atomic mass is 10.2. The first-order valence-corrected chi connectivity index (χ1v) is 4.03. The number of hydrogen-bond acceptors (Lipinski definition) is 3. The fourth-order valence-corrected chi connectivity index (χ4v) is 1.25. The number of carbonyl (C=O) groups is 1. The third kappa shape index (κ3) is 1.40. The number of aliphatic hydroxyl groups is 1. The summed E-state index contributed by atoms with van der Waals surface area (Å²) in [4.78, 5) is 10.3. The van der Waals surface area contributed by atoms with Crippen molar-refractivity contribution in [2.24, 2.45) is 0 Å². The predicted molar refractivity (Wildman–Crippen MR) is 47.2 cm³/mol. The van der Waals surface area contributed by atoms with Gasteiger partial charge in [-0.1, -0.05) is 0 Å². The molecule has 1 heterocycles. The van der Waals surface area contributed by atoms with Crippen LogP contribution in [-0.2, 0) is 4.79 Å². The summed E-state index contributed by atoms with van der Waals surface area (Å²) in [6, 6.07) is 5.42. The third-order valence-corrected chi connectivity index (χ3v) is 1.92. The van der Waals surface area contributed by atoms with Gasteiger partial charge in [0.1, 0.15) is 17.2 Å². The number of fused-ring (bicyclic) bond motifs is 1. The van der Waals surface area contributed by atoms with Gasteiger partial charge < -0.3 is 9.52 Å². The molecule has 0 aliphatic rings. The van der Waals surface area contributed by atoms with Crippen molar-refractivity contribution >= 4 is 17.3 Å². The van der Waals surface area contributed by atoms with Crippen molar-refractivity contribution in [2.45, 2.75) is 6.10 Å². The summed E-state index contributed by atoms with van der Waals surface area (Å²) in [6.07, 6.45) is -0.931. The van der Waals surface area contributed by atoms with Gasteiger partial charge in [0.15, 0.2) is 12.4 Å². The molecule has 0 spiro atoms. The van der Waals surface area contributed by atoms with E-state index in [9.17, 15) is 9.18 Å². The van der Waals surface area contributed by atoms with E-state index < -0.39 is 6.10 Å². The van der Waals surface area contributed by atoms with E-state index in [1.165, 1.54) is 24.3 Å². The summed E-state index contributed by atoms with van der Waals surface area (Å²) < 4.78 is 17.9. The highest BCUT2D eigenvalue weighted by Crippen LogP contribution is 2.23. The van der Waals surface area contributed by atoms with Crippen molar-refractivity contribution in [3.63, 3.8) is 0 Å². The van der Waals surface area contributed by atoms with E-state index in [4.69, 9.17) is 9.52 Å². The molecule has 2 aromatic rings. The number of halogens is 1. The Labute approximate surface area is 78.8 Å². The predicted octanol–water partition coefficient (Wildman–Crippen LogP) is 1.80. The Hall–Kier alpha value is -1.68. The first-order valence-electron chi connectivity index (χ1n) is 4.03. The van der Waals surface area contributed by atoms with Crippen LogP contribution in [0.25, 0.3) is 11.0 Å². The molecule has 0 amide bonds. The van der Waals surface area contributed by atoms with Crippen molar-refractivity contribution < 1.29 is 18.7 Å². The van der Waals surface area contributed by atoms with Gasteiger partial charge in [0.05, 0.1) is 0 Å². The zero-order chi connectivity index (χ0) is 10.1. The Kier molecular flexibility index (Phi) is 2.05. The maximum Gasteiger partial charge on any atom is 0.167 e. The summed E-state index contributed by atoms with van der Waals surface area (Å²) >= 11 is 0. The molecular weight excluding hydrogens is 187 g/mol. The highest BCUT2D eigenvalue weighted by molar-refractivity contribution is 5.79. The molecule has 1 aromatic carbocycles. The van der Waals surface area contributed by atoms with Gasteiger partial charge in [-0.05, 0) is 24.3 Å². The van der Waals surface area contributed by atoms with E-state index >= 15 is 0 Å². The second kappa shape index (κ2) is 3.23. The number of carbonyl (C=O) groups excluding carboxylic acids is 1. The average Bonchev–Trinajstić information content (AvgIpc) is 2.59. The number of rotatable bonds is 2. The molecule has 0 saturated heterocycles. The molecule has 4 heteroatoms. The molecular formula is C10H7FO3. The first-order chi connectivity index (χ1) is 6.70. The van der Waals surface area contributed by atoms with Crippen molar-refractivity contribution in [1.29, 1.82) is 0 Å². The Morgan fingerprint density at radius 1 is 1.43 bits per heavy atom. The molecule has 1 atom stereocenters. The number of aliphatic hydroxyl groups excluding tert-OH is 1. The van der Waals surface area contributed by atoms with Crippen LogP contribution in [0.15, 0.2) is 28.7 Å². The average molecular weight is 194 g/mol. The van der Waals surface area contributed by atoms with Crippen molar-refractivity contribution in [1.82, 2.24) is 0 Å². The Bertz CT molecular complexity index is 475. The van der Waals surface area contributed by atoms with Crippen molar-refractivity contribution in [3.05, 3.63) is 35.8 Å². The smallest absolute Gasteiger partial charge is 0.167 e. The van der Waals surface area contributed by atoms with Gasteiger partial charge in [-0.15, -0.1) is 0 Å². The molecule has 1 aromatic heterocycles. The van der Waals surface area contributed by atoms with E-state index in [2.05, 4.69) is 0 Å². The largest absolute Gasteiger partial charge is 0.458 e. The number of hydrogen-bond donors (Lipinski definition) is 1. The normalized spacial score (nSPS) is 13.0. The van der Waals surface area contributed by atoms with Crippen LogP contribution in [-0.4, -0.2) is 11.4 Å². The minimum absolute atomic E-state index is 0.126. The van der Waals surface area contributed by atoms with Crippen molar-refractivity contribution in [3.8, 4) is 0 Å². The molecule has 1 unspecified atom stereocenters. The van der Waals surface area contributed by atoms with Crippen LogP contribution in [0.3, 0.4) is 0 Å². The van der Waals surface area contributed by atoms with Gasteiger partial charge in [0.2, 0.25) is 0 Å². The quantitative estimate of drug-likeness (QED) is 0.741. The molecule has 72 valence electrons. The molecule has 0 radical (unpaired) electrons. The lowest BCUT2D eigenvalue weighted by Crippen LogP contribution is -1.94. The Morgan fingerprint density at radius 2 is 2.21 bits per heavy atom. The van der Waals surface area contributed by atoms with Crippen LogP contribution in [0.5, 0.6) is 0 Å². The van der Waals surface area contributed by atoms with E-state index in [0.29, 0.717) is 17.3 Å². The minimum atomic E-state index is -1.29. The SMILES string of the molecule is O=CC(O)c1cc2cc(F)ccc2o1. The van der Waals surface area contributed by atoms with Crippen LogP contribution in [0.2, 0.25) is 0 Å². The van der Waals surface area contributed by atoms with Gasteiger partial charge in [-0.2, -0.15) is 0 Å². The number of furan rings is 1. The number of benzene rings is 1. The zero-order valence-electron chi connectivity index (χ0n) is 7.11. The van der Waals surface area contributed by atoms with Gasteiger partial charge in [0.25, 0.3) is 0 Å². The van der Waals surface area contributed by atoms with Crippen LogP contribution in [0.4, 0.5) is 4.39 Å². The highest BCUT2D eigenvalue weighted by Gasteiger charge is 2.12. The lowest BCUT2D eigenvalue weighted by molar-refractivity contribution is -0.115. The Balaban J connectivity index is 2.56. The number of aldehydes is 1. The van der Waals surface area contributed by atoms with Gasteiger partial charge in [-0.3, -0.25) is 4.79 Å². The molecule has 3 nitrogen and oxygen atoms in total. The van der Waals surface area contributed by atoms with Crippen LogP contribution >= 0.6 is 0 Å². The summed E-state index contributed by atoms with van der Waals surface area (Å²) in [5.41, 5.74) is 0.447. The molecule has 0 aliphatic carbocycles. The topological polar surface area (TPSA) is 50.4 Å². The molecule has 0 bridgehead atoms. The molecule has 1 N–H and O–H groups in total. The maximum absolute atomic E-state index is 12.8. The standard InChI is InChI=1S/C10H7FO3/c11-7-1-2-9-6(3-7)4-10(14-9)8(13)5-12/h1-5,8,13H. The summed E-state index contributed by atoms with van der Waals surface area (Å²) in [6.45, 7) is 0. The van der Waals surface area contributed by atoms with Gasteiger partial charge >= 0.3 is 0 Å². The fourth-order valence-electron chi connectivity index (χ4n) is 1.25. The van der Waals surface area contributed by atoms with E-state index in [1.54, 1.807) is 0 Å². The molecule has 0 fully saturated rings. The summed E-state index contributed by atoms with van der Waals surface area (Å²) in [5.74, 6) is -0.258. The van der Waals surface area contributed by atoms with Crippen LogP contribution < -0.4 is 0 Å². The van der Waals surface area contributed by atoms with E-state index in [0.717, 1.165) is 0 Å². The summed E-state index contributed by atoms with van der Waals surface area (Å²) in [7, 11) is 0. The lowest BCUT2D eigenvalue weighted by Gasteiger charge is -1.94. The Morgan fingerprint density at radius 3 is 2.93 bits per heavy atom. The second-order valence-corrected chi connectivity index (χ2v) is 2.91. The molecule has 14 heavy (non-hydrogen) atoms. The first kappa shape index (κ1) is 8.90. The third-order valence-electron chi connectivity index (χ3n) is 1.92. The van der Waals surface area contributed by atoms with E-state index in [-0.39, 0.29) is 11.6 Å². The van der Waals surface area contributed by atoms with Crippen molar-refractivity contribution in [2.75, 3.05) is 0 Å². The monoisotopic (exact) mass is 194 g/mol. The van der Waals surface area contributed by atoms with Gasteiger partial charge in [0, 0.05) is 5.39 Å². The minimum Gasteiger partial charge on any atom is -0.458 e. The molecule has 0 aliphatic heterocycles. The van der Waals surface area contributed by atoms with Crippen LogP contribution in [0.1, 0.15) is 11.9 Å². The zero-order valence-corrected chi connectivity index (χ0v) is 7.11. The van der Waals surface area contributed by atoms with Gasteiger partial charge in [-0.25, -0.2) is 4.39 Å². The fraction of sp³-hybridized carbons (Fsp3) is 0.100. The second-order valence-electron chi connectivity index (χ2n) is 2.91. The maximum atomic E-state index is 12.8.